The lowest BCUT2D eigenvalue weighted by molar-refractivity contribution is 0.194. The largest absolute Gasteiger partial charge is 0.382 e. The fourth-order valence-corrected chi connectivity index (χ4v) is 2.23. The van der Waals surface area contributed by atoms with E-state index in [1.165, 1.54) is 25.8 Å². The topological polar surface area (TPSA) is 28.2 Å². The van der Waals surface area contributed by atoms with E-state index in [1.54, 1.807) is 6.20 Å². The van der Waals surface area contributed by atoms with Crippen molar-refractivity contribution in [1.29, 1.82) is 0 Å². The van der Waals surface area contributed by atoms with E-state index in [2.05, 4.69) is 22.2 Å². The molecule has 1 aromatic heterocycles. The van der Waals surface area contributed by atoms with Gasteiger partial charge in [-0.2, -0.15) is 0 Å². The number of rotatable bonds is 3. The van der Waals surface area contributed by atoms with Crippen LogP contribution in [-0.4, -0.2) is 36.1 Å². The molecule has 0 aromatic carbocycles. The Labute approximate surface area is 102 Å². The lowest BCUT2D eigenvalue weighted by Crippen LogP contribution is -2.40. The highest BCUT2D eigenvalue weighted by molar-refractivity contribution is 6.29. The van der Waals surface area contributed by atoms with Gasteiger partial charge in [0.2, 0.25) is 0 Å². The van der Waals surface area contributed by atoms with Crippen molar-refractivity contribution in [3.63, 3.8) is 0 Å². The summed E-state index contributed by atoms with van der Waals surface area (Å²) < 4.78 is 0. The summed E-state index contributed by atoms with van der Waals surface area (Å²) in [5.74, 6) is 0. The van der Waals surface area contributed by atoms with Crippen molar-refractivity contribution in [3.8, 4) is 0 Å². The number of likely N-dealkylation sites (N-methyl/N-ethyl adjacent to an activating group) is 1. The molecule has 1 aromatic rings. The molecule has 16 heavy (non-hydrogen) atoms. The lowest BCUT2D eigenvalue weighted by atomic mass is 10.0. The van der Waals surface area contributed by atoms with Crippen LogP contribution in [0, 0.1) is 0 Å². The zero-order chi connectivity index (χ0) is 11.4. The fraction of sp³-hybridized carbons (Fsp3) is 0.583. The average molecular weight is 240 g/mol. The first-order valence-corrected chi connectivity index (χ1v) is 6.19. The first-order chi connectivity index (χ1) is 7.75. The Bertz CT molecular complexity index is 326. The maximum Gasteiger partial charge on any atom is 0.129 e. The second kappa shape index (κ2) is 5.51. The van der Waals surface area contributed by atoms with E-state index in [0.717, 1.165) is 12.2 Å². The molecule has 1 atom stereocenters. The molecule has 1 aliphatic rings. The summed E-state index contributed by atoms with van der Waals surface area (Å²) in [6, 6.07) is 4.43. The van der Waals surface area contributed by atoms with Gasteiger partial charge in [-0.05, 0) is 38.6 Å². The van der Waals surface area contributed by atoms with Gasteiger partial charge in [-0.25, -0.2) is 4.98 Å². The van der Waals surface area contributed by atoms with E-state index in [0.29, 0.717) is 11.2 Å². The third-order valence-electron chi connectivity index (χ3n) is 3.19. The minimum absolute atomic E-state index is 0.542. The van der Waals surface area contributed by atoms with Crippen LogP contribution in [0.1, 0.15) is 19.3 Å². The predicted octanol–water partition coefficient (Wildman–Crippen LogP) is 2.63. The van der Waals surface area contributed by atoms with Gasteiger partial charge >= 0.3 is 0 Å². The summed E-state index contributed by atoms with van der Waals surface area (Å²) >= 11 is 5.74. The minimum atomic E-state index is 0.542. The van der Waals surface area contributed by atoms with Crippen molar-refractivity contribution >= 4 is 17.3 Å². The molecule has 4 heteroatoms. The van der Waals surface area contributed by atoms with Crippen molar-refractivity contribution in [3.05, 3.63) is 23.5 Å². The summed E-state index contributed by atoms with van der Waals surface area (Å²) in [5.41, 5.74) is 1.04. The quantitative estimate of drug-likeness (QED) is 0.822. The summed E-state index contributed by atoms with van der Waals surface area (Å²) in [6.07, 6.45) is 5.74. The maximum absolute atomic E-state index is 5.74. The SMILES string of the molecule is CN1CCCCC1CNc1ccc(Cl)nc1. The number of aromatic nitrogens is 1. The van der Waals surface area contributed by atoms with Gasteiger partial charge in [0.25, 0.3) is 0 Å². The second-order valence-corrected chi connectivity index (χ2v) is 4.77. The van der Waals surface area contributed by atoms with Crippen molar-refractivity contribution in [1.82, 2.24) is 9.88 Å². The summed E-state index contributed by atoms with van der Waals surface area (Å²) in [5, 5.41) is 3.95. The molecule has 2 heterocycles. The van der Waals surface area contributed by atoms with Crippen LogP contribution < -0.4 is 5.32 Å². The van der Waals surface area contributed by atoms with E-state index in [1.807, 2.05) is 12.1 Å². The average Bonchev–Trinajstić information content (AvgIpc) is 2.30. The Morgan fingerprint density at radius 3 is 3.06 bits per heavy atom. The predicted molar refractivity (Wildman–Crippen MR) is 68.0 cm³/mol. The molecule has 1 fully saturated rings. The van der Waals surface area contributed by atoms with Gasteiger partial charge in [-0.3, -0.25) is 0 Å². The van der Waals surface area contributed by atoms with E-state index < -0.39 is 0 Å². The Balaban J connectivity index is 1.84. The number of piperidine rings is 1. The van der Waals surface area contributed by atoms with Gasteiger partial charge in [-0.15, -0.1) is 0 Å². The van der Waals surface area contributed by atoms with Crippen LogP contribution >= 0.6 is 11.6 Å². The Morgan fingerprint density at radius 2 is 2.38 bits per heavy atom. The van der Waals surface area contributed by atoms with Gasteiger partial charge in [0.1, 0.15) is 5.15 Å². The summed E-state index contributed by atoms with van der Waals surface area (Å²) in [4.78, 5) is 6.48. The third kappa shape index (κ3) is 3.09. The first-order valence-electron chi connectivity index (χ1n) is 5.81. The molecule has 1 saturated heterocycles. The highest BCUT2D eigenvalue weighted by atomic mass is 35.5. The Hall–Kier alpha value is -0.800. The molecule has 3 nitrogen and oxygen atoms in total. The maximum atomic E-state index is 5.74. The zero-order valence-electron chi connectivity index (χ0n) is 9.62. The number of likely N-dealkylation sites (tertiary alicyclic amines) is 1. The molecule has 2 rings (SSSR count). The van der Waals surface area contributed by atoms with Crippen LogP contribution in [0.15, 0.2) is 18.3 Å². The first kappa shape index (κ1) is 11.7. The van der Waals surface area contributed by atoms with Gasteiger partial charge in [0, 0.05) is 12.6 Å². The molecule has 88 valence electrons. The molecule has 0 radical (unpaired) electrons. The number of hydrogen-bond donors (Lipinski definition) is 1. The number of pyridine rings is 1. The summed E-state index contributed by atoms with van der Waals surface area (Å²) in [6.45, 7) is 2.20. The molecule has 0 bridgehead atoms. The third-order valence-corrected chi connectivity index (χ3v) is 3.41. The number of anilines is 1. The Morgan fingerprint density at radius 1 is 1.50 bits per heavy atom. The summed E-state index contributed by atoms with van der Waals surface area (Å²) in [7, 11) is 2.20. The monoisotopic (exact) mass is 239 g/mol. The van der Waals surface area contributed by atoms with E-state index in [9.17, 15) is 0 Å². The van der Waals surface area contributed by atoms with Crippen molar-refractivity contribution in [2.45, 2.75) is 25.3 Å². The van der Waals surface area contributed by atoms with Crippen LogP contribution in [0.4, 0.5) is 5.69 Å². The highest BCUT2D eigenvalue weighted by Crippen LogP contribution is 2.16. The van der Waals surface area contributed by atoms with E-state index >= 15 is 0 Å². The minimum Gasteiger partial charge on any atom is -0.382 e. The molecule has 0 aliphatic carbocycles. The van der Waals surface area contributed by atoms with Gasteiger partial charge < -0.3 is 10.2 Å². The van der Waals surface area contributed by atoms with Crippen LogP contribution in [0.25, 0.3) is 0 Å². The number of halogens is 1. The van der Waals surface area contributed by atoms with Crippen LogP contribution in [0.3, 0.4) is 0 Å². The molecular formula is C12H18ClN3. The zero-order valence-corrected chi connectivity index (χ0v) is 10.4. The number of nitrogens with one attached hydrogen (secondary N) is 1. The molecule has 1 unspecified atom stereocenters. The second-order valence-electron chi connectivity index (χ2n) is 4.38. The van der Waals surface area contributed by atoms with Crippen LogP contribution in [0.2, 0.25) is 5.15 Å². The molecule has 1 N–H and O–H groups in total. The van der Waals surface area contributed by atoms with Gasteiger partial charge in [-0.1, -0.05) is 18.0 Å². The molecule has 0 spiro atoms. The van der Waals surface area contributed by atoms with Gasteiger partial charge in [0.15, 0.2) is 0 Å². The number of hydrogen-bond acceptors (Lipinski definition) is 3. The van der Waals surface area contributed by atoms with Crippen molar-refractivity contribution < 1.29 is 0 Å². The van der Waals surface area contributed by atoms with Crippen LogP contribution in [0.5, 0.6) is 0 Å². The van der Waals surface area contributed by atoms with E-state index in [4.69, 9.17) is 11.6 Å². The van der Waals surface area contributed by atoms with Crippen molar-refractivity contribution in [2.75, 3.05) is 25.5 Å². The Kier molecular flexibility index (Phi) is 4.02. The lowest BCUT2D eigenvalue weighted by Gasteiger charge is -2.32. The number of nitrogens with zero attached hydrogens (tertiary/aromatic N) is 2. The normalized spacial score (nSPS) is 22.0. The highest BCUT2D eigenvalue weighted by Gasteiger charge is 2.18. The molecular weight excluding hydrogens is 222 g/mol. The molecule has 1 aliphatic heterocycles. The standard InChI is InChI=1S/C12H18ClN3/c1-16-7-3-2-4-11(16)9-14-10-5-6-12(13)15-8-10/h5-6,8,11,14H,2-4,7,9H2,1H3. The van der Waals surface area contributed by atoms with Crippen LogP contribution in [-0.2, 0) is 0 Å². The van der Waals surface area contributed by atoms with Gasteiger partial charge in [0.05, 0.1) is 11.9 Å². The fourth-order valence-electron chi connectivity index (χ4n) is 2.12. The molecule has 0 amide bonds. The molecule has 0 saturated carbocycles. The van der Waals surface area contributed by atoms with Crippen molar-refractivity contribution in [2.24, 2.45) is 0 Å². The smallest absolute Gasteiger partial charge is 0.129 e. The van der Waals surface area contributed by atoms with E-state index in [-0.39, 0.29) is 0 Å².